The van der Waals surface area contributed by atoms with Gasteiger partial charge in [-0.2, -0.15) is 0 Å². The number of pyridine rings is 1. The van der Waals surface area contributed by atoms with Gasteiger partial charge in [-0.05, 0) is 31.2 Å². The van der Waals surface area contributed by atoms with Crippen LogP contribution in [0.5, 0.6) is 0 Å². The predicted molar refractivity (Wildman–Crippen MR) is 79.7 cm³/mol. The SMILES string of the molecule is Cc1cnc(-c2ccccc2F)nc1Nc1ccncc1. The molecular formula is C16H13FN4. The molecule has 0 aliphatic heterocycles. The van der Waals surface area contributed by atoms with Crippen molar-refractivity contribution in [3.63, 3.8) is 0 Å². The summed E-state index contributed by atoms with van der Waals surface area (Å²) < 4.78 is 13.8. The molecule has 104 valence electrons. The van der Waals surface area contributed by atoms with E-state index in [4.69, 9.17) is 0 Å². The van der Waals surface area contributed by atoms with E-state index in [1.807, 2.05) is 19.1 Å². The Kier molecular flexibility index (Phi) is 3.55. The summed E-state index contributed by atoms with van der Waals surface area (Å²) in [6, 6.07) is 10.1. The highest BCUT2D eigenvalue weighted by molar-refractivity contribution is 5.63. The highest BCUT2D eigenvalue weighted by Crippen LogP contribution is 2.23. The molecule has 1 aromatic carbocycles. The summed E-state index contributed by atoms with van der Waals surface area (Å²) in [7, 11) is 0. The molecule has 0 fully saturated rings. The molecule has 1 N–H and O–H groups in total. The van der Waals surface area contributed by atoms with Gasteiger partial charge in [0.05, 0.1) is 5.56 Å². The van der Waals surface area contributed by atoms with Crippen molar-refractivity contribution in [3.05, 3.63) is 66.4 Å². The number of benzene rings is 1. The van der Waals surface area contributed by atoms with Gasteiger partial charge in [-0.15, -0.1) is 0 Å². The van der Waals surface area contributed by atoms with E-state index in [0.717, 1.165) is 11.3 Å². The molecule has 0 bridgehead atoms. The minimum atomic E-state index is -0.337. The highest BCUT2D eigenvalue weighted by Gasteiger charge is 2.10. The number of aryl methyl sites for hydroxylation is 1. The summed E-state index contributed by atoms with van der Waals surface area (Å²) in [5, 5.41) is 3.19. The second-order valence-electron chi connectivity index (χ2n) is 4.57. The monoisotopic (exact) mass is 280 g/mol. The molecule has 2 aromatic heterocycles. The van der Waals surface area contributed by atoms with Crippen molar-refractivity contribution in [2.45, 2.75) is 6.92 Å². The van der Waals surface area contributed by atoms with Crippen molar-refractivity contribution in [1.82, 2.24) is 15.0 Å². The van der Waals surface area contributed by atoms with Crippen LogP contribution in [0.15, 0.2) is 55.0 Å². The molecule has 3 aromatic rings. The van der Waals surface area contributed by atoms with Crippen molar-refractivity contribution in [2.24, 2.45) is 0 Å². The maximum absolute atomic E-state index is 13.8. The number of halogens is 1. The van der Waals surface area contributed by atoms with E-state index in [1.165, 1.54) is 6.07 Å². The molecule has 3 rings (SSSR count). The van der Waals surface area contributed by atoms with Crippen LogP contribution in [0.25, 0.3) is 11.4 Å². The van der Waals surface area contributed by atoms with Gasteiger partial charge in [0, 0.05) is 29.8 Å². The molecule has 0 spiro atoms. The molecule has 0 radical (unpaired) electrons. The molecule has 21 heavy (non-hydrogen) atoms. The van der Waals surface area contributed by atoms with Crippen LogP contribution < -0.4 is 5.32 Å². The van der Waals surface area contributed by atoms with Crippen LogP contribution in [0, 0.1) is 12.7 Å². The molecule has 2 heterocycles. The summed E-state index contributed by atoms with van der Waals surface area (Å²) in [5.41, 5.74) is 2.13. The van der Waals surface area contributed by atoms with Gasteiger partial charge in [0.1, 0.15) is 11.6 Å². The second kappa shape index (κ2) is 5.66. The lowest BCUT2D eigenvalue weighted by Gasteiger charge is -2.10. The molecule has 0 saturated heterocycles. The average Bonchev–Trinajstić information content (AvgIpc) is 2.51. The van der Waals surface area contributed by atoms with Crippen LogP contribution in [-0.2, 0) is 0 Å². The fourth-order valence-corrected chi connectivity index (χ4v) is 1.91. The Balaban J connectivity index is 1.99. The number of nitrogens with one attached hydrogen (secondary N) is 1. The van der Waals surface area contributed by atoms with Crippen molar-refractivity contribution in [2.75, 3.05) is 5.32 Å². The van der Waals surface area contributed by atoms with Gasteiger partial charge >= 0.3 is 0 Å². The third kappa shape index (κ3) is 2.86. The Morgan fingerprint density at radius 2 is 1.81 bits per heavy atom. The van der Waals surface area contributed by atoms with E-state index in [0.29, 0.717) is 17.2 Å². The number of anilines is 2. The van der Waals surface area contributed by atoms with Gasteiger partial charge in [-0.25, -0.2) is 14.4 Å². The van der Waals surface area contributed by atoms with Crippen LogP contribution in [-0.4, -0.2) is 15.0 Å². The number of aromatic nitrogens is 3. The van der Waals surface area contributed by atoms with Crippen LogP contribution in [0.2, 0.25) is 0 Å². The van der Waals surface area contributed by atoms with Gasteiger partial charge in [0.2, 0.25) is 0 Å². The molecule has 0 atom stereocenters. The Labute approximate surface area is 121 Å². The van der Waals surface area contributed by atoms with Crippen LogP contribution in [0.4, 0.5) is 15.9 Å². The highest BCUT2D eigenvalue weighted by atomic mass is 19.1. The average molecular weight is 280 g/mol. The van der Waals surface area contributed by atoms with Crippen LogP contribution >= 0.6 is 0 Å². The zero-order chi connectivity index (χ0) is 14.7. The number of hydrogen-bond donors (Lipinski definition) is 1. The summed E-state index contributed by atoms with van der Waals surface area (Å²) in [6.07, 6.45) is 5.06. The Bertz CT molecular complexity index is 759. The zero-order valence-corrected chi connectivity index (χ0v) is 11.4. The molecule has 0 unspecified atom stereocenters. The summed E-state index contributed by atoms with van der Waals surface area (Å²) in [4.78, 5) is 12.6. The van der Waals surface area contributed by atoms with Crippen molar-refractivity contribution in [3.8, 4) is 11.4 Å². The first-order valence-corrected chi connectivity index (χ1v) is 6.49. The number of hydrogen-bond acceptors (Lipinski definition) is 4. The summed E-state index contributed by atoms with van der Waals surface area (Å²) in [6.45, 7) is 1.90. The van der Waals surface area contributed by atoms with Gasteiger partial charge in [0.25, 0.3) is 0 Å². The summed E-state index contributed by atoms with van der Waals surface area (Å²) in [5.74, 6) is 0.668. The fraction of sp³-hybridized carbons (Fsp3) is 0.0625. The third-order valence-corrected chi connectivity index (χ3v) is 3.03. The largest absolute Gasteiger partial charge is 0.340 e. The van der Waals surface area contributed by atoms with E-state index < -0.39 is 0 Å². The van der Waals surface area contributed by atoms with E-state index in [-0.39, 0.29) is 5.82 Å². The maximum Gasteiger partial charge on any atom is 0.164 e. The lowest BCUT2D eigenvalue weighted by molar-refractivity contribution is 0.630. The first-order valence-electron chi connectivity index (χ1n) is 6.49. The smallest absolute Gasteiger partial charge is 0.164 e. The third-order valence-electron chi connectivity index (χ3n) is 3.03. The standard InChI is InChI=1S/C16H13FN4/c1-11-10-19-16(13-4-2-3-5-14(13)17)21-15(11)20-12-6-8-18-9-7-12/h2-10H,1H3,(H,18,19,20,21). The molecule has 0 amide bonds. The van der Waals surface area contributed by atoms with Gasteiger partial charge in [-0.3, -0.25) is 4.98 Å². The quantitative estimate of drug-likeness (QED) is 0.794. The number of rotatable bonds is 3. The first kappa shape index (κ1) is 13.2. The fourth-order valence-electron chi connectivity index (χ4n) is 1.91. The van der Waals surface area contributed by atoms with Crippen LogP contribution in [0.3, 0.4) is 0 Å². The van der Waals surface area contributed by atoms with Crippen molar-refractivity contribution < 1.29 is 4.39 Å². The van der Waals surface area contributed by atoms with Gasteiger partial charge in [0.15, 0.2) is 5.82 Å². The molecule has 4 nitrogen and oxygen atoms in total. The van der Waals surface area contributed by atoms with E-state index in [1.54, 1.807) is 36.8 Å². The minimum absolute atomic E-state index is 0.337. The predicted octanol–water partition coefficient (Wildman–Crippen LogP) is 3.73. The first-order chi connectivity index (χ1) is 10.2. The minimum Gasteiger partial charge on any atom is -0.340 e. The molecular weight excluding hydrogens is 267 g/mol. The second-order valence-corrected chi connectivity index (χ2v) is 4.57. The Morgan fingerprint density at radius 3 is 2.57 bits per heavy atom. The van der Waals surface area contributed by atoms with Gasteiger partial charge in [-0.1, -0.05) is 12.1 Å². The summed E-state index contributed by atoms with van der Waals surface area (Å²) >= 11 is 0. The van der Waals surface area contributed by atoms with Crippen molar-refractivity contribution >= 4 is 11.5 Å². The topological polar surface area (TPSA) is 50.7 Å². The molecule has 0 aliphatic carbocycles. The van der Waals surface area contributed by atoms with E-state index in [9.17, 15) is 4.39 Å². The normalized spacial score (nSPS) is 10.4. The number of nitrogens with zero attached hydrogens (tertiary/aromatic N) is 3. The van der Waals surface area contributed by atoms with Crippen molar-refractivity contribution in [1.29, 1.82) is 0 Å². The Morgan fingerprint density at radius 1 is 1.05 bits per heavy atom. The lowest BCUT2D eigenvalue weighted by atomic mass is 10.2. The maximum atomic E-state index is 13.8. The zero-order valence-electron chi connectivity index (χ0n) is 11.4. The van der Waals surface area contributed by atoms with E-state index in [2.05, 4.69) is 20.3 Å². The Hall–Kier alpha value is -2.82. The van der Waals surface area contributed by atoms with Gasteiger partial charge < -0.3 is 5.32 Å². The molecule has 0 saturated carbocycles. The lowest BCUT2D eigenvalue weighted by Crippen LogP contribution is -2.00. The van der Waals surface area contributed by atoms with Crippen LogP contribution in [0.1, 0.15) is 5.56 Å². The van der Waals surface area contributed by atoms with E-state index >= 15 is 0 Å². The molecule has 0 aliphatic rings. The molecule has 5 heteroatoms.